The number of hydrogen-bond donors (Lipinski definition) is 1. The lowest BCUT2D eigenvalue weighted by Crippen LogP contribution is -2.45. The Kier molecular flexibility index (Phi) is 18.2. The number of carboxylic acid groups (broad SMARTS) is 1. The summed E-state index contributed by atoms with van der Waals surface area (Å²) in [6.07, 6.45) is -1.06. The lowest BCUT2D eigenvalue weighted by molar-refractivity contribution is -0.122. The van der Waals surface area contributed by atoms with Crippen molar-refractivity contribution in [3.63, 3.8) is 0 Å². The van der Waals surface area contributed by atoms with E-state index in [-0.39, 0.29) is 33.1 Å². The standard InChI is InChI=1S/C34H45N3O7.CH2O2/c1-34(23-35(26-40-2)20-29-14-8-5-9-15-29,24-43-32(38)36(27-41-3)21-30-16-10-6-11-17-30)25-44-33(39)37(28-42-4)22-31-18-12-7-13-19-31;2-1-3/h5-19H,20-28H2,1-4H3;1H,(H,2,3). The Morgan fingerprint density at radius 1 is 0.638 bits per heavy atom. The maximum Gasteiger partial charge on any atom is 0.411 e. The minimum absolute atomic E-state index is 0.00785. The number of hydrogen-bond acceptors (Lipinski definition) is 9. The maximum absolute atomic E-state index is 13.3. The van der Waals surface area contributed by atoms with Gasteiger partial charge < -0.3 is 28.8 Å². The fraction of sp³-hybridized carbons (Fsp3) is 0.400. The van der Waals surface area contributed by atoms with Gasteiger partial charge in [-0.1, -0.05) is 97.9 Å². The van der Waals surface area contributed by atoms with Gasteiger partial charge in [-0.25, -0.2) is 9.59 Å². The third-order valence-electron chi connectivity index (χ3n) is 6.77. The van der Waals surface area contributed by atoms with Gasteiger partial charge >= 0.3 is 12.2 Å². The van der Waals surface area contributed by atoms with E-state index < -0.39 is 17.6 Å². The van der Waals surface area contributed by atoms with Crippen LogP contribution >= 0.6 is 0 Å². The third kappa shape index (κ3) is 15.1. The van der Waals surface area contributed by atoms with Gasteiger partial charge in [0, 0.05) is 39.8 Å². The zero-order valence-electron chi connectivity index (χ0n) is 27.7. The van der Waals surface area contributed by atoms with Crippen LogP contribution in [0.1, 0.15) is 23.6 Å². The van der Waals surface area contributed by atoms with Crippen LogP contribution in [0.3, 0.4) is 0 Å². The number of nitrogens with zero attached hydrogens (tertiary/aromatic N) is 3. The molecule has 0 saturated carbocycles. The predicted octanol–water partition coefficient (Wildman–Crippen LogP) is 5.29. The molecule has 0 heterocycles. The molecule has 0 aliphatic heterocycles. The minimum Gasteiger partial charge on any atom is -0.483 e. The molecular formula is C35H47N3O9. The number of benzene rings is 3. The van der Waals surface area contributed by atoms with Crippen LogP contribution in [-0.2, 0) is 48.1 Å². The van der Waals surface area contributed by atoms with E-state index in [1.54, 1.807) is 7.11 Å². The molecule has 0 bridgehead atoms. The summed E-state index contributed by atoms with van der Waals surface area (Å²) in [5.41, 5.74) is 2.22. The highest BCUT2D eigenvalue weighted by Gasteiger charge is 2.33. The van der Waals surface area contributed by atoms with Gasteiger partial charge in [0.2, 0.25) is 0 Å². The second-order valence-electron chi connectivity index (χ2n) is 11.1. The summed E-state index contributed by atoms with van der Waals surface area (Å²) in [5, 5.41) is 6.89. The molecule has 0 aliphatic rings. The van der Waals surface area contributed by atoms with Crippen LogP contribution in [0, 0.1) is 5.41 Å². The topological polar surface area (TPSA) is 127 Å². The number of rotatable bonds is 18. The molecule has 0 fully saturated rings. The van der Waals surface area contributed by atoms with Gasteiger partial charge in [0.05, 0.1) is 19.8 Å². The van der Waals surface area contributed by atoms with E-state index in [2.05, 4.69) is 4.90 Å². The van der Waals surface area contributed by atoms with Gasteiger partial charge in [0.15, 0.2) is 0 Å². The molecular weight excluding hydrogens is 606 g/mol. The van der Waals surface area contributed by atoms with E-state index in [4.69, 9.17) is 33.6 Å². The number of ether oxygens (including phenoxy) is 5. The van der Waals surface area contributed by atoms with Gasteiger partial charge in [-0.05, 0) is 16.7 Å². The van der Waals surface area contributed by atoms with Crippen molar-refractivity contribution in [2.45, 2.75) is 26.6 Å². The van der Waals surface area contributed by atoms with E-state index in [0.29, 0.717) is 32.9 Å². The van der Waals surface area contributed by atoms with Crippen LogP contribution in [0.4, 0.5) is 9.59 Å². The fourth-order valence-electron chi connectivity index (χ4n) is 4.74. The van der Waals surface area contributed by atoms with Crippen LogP contribution in [0.25, 0.3) is 0 Å². The van der Waals surface area contributed by atoms with Crippen molar-refractivity contribution in [1.29, 1.82) is 0 Å². The summed E-state index contributed by atoms with van der Waals surface area (Å²) >= 11 is 0. The van der Waals surface area contributed by atoms with Crippen molar-refractivity contribution < 1.29 is 43.2 Å². The van der Waals surface area contributed by atoms with Crippen LogP contribution in [0.2, 0.25) is 0 Å². The highest BCUT2D eigenvalue weighted by molar-refractivity contribution is 5.68. The van der Waals surface area contributed by atoms with Crippen LogP contribution in [-0.4, -0.2) is 99.7 Å². The van der Waals surface area contributed by atoms with Gasteiger partial charge in [0.25, 0.3) is 6.47 Å². The molecule has 3 aromatic carbocycles. The summed E-state index contributed by atoms with van der Waals surface area (Å²) in [4.78, 5) is 40.0. The summed E-state index contributed by atoms with van der Waals surface area (Å²) in [5.74, 6) is 0. The molecule has 0 saturated heterocycles. The first kappa shape index (κ1) is 38.7. The summed E-state index contributed by atoms with van der Waals surface area (Å²) in [6, 6.07) is 29.3. The van der Waals surface area contributed by atoms with E-state index in [0.717, 1.165) is 16.7 Å². The van der Waals surface area contributed by atoms with Crippen LogP contribution in [0.5, 0.6) is 0 Å². The first-order chi connectivity index (χ1) is 22.8. The first-order valence-corrected chi connectivity index (χ1v) is 15.0. The van der Waals surface area contributed by atoms with Crippen molar-refractivity contribution >= 4 is 18.7 Å². The Bertz CT molecular complexity index is 1220. The van der Waals surface area contributed by atoms with Crippen molar-refractivity contribution in [3.05, 3.63) is 108 Å². The highest BCUT2D eigenvalue weighted by Crippen LogP contribution is 2.23. The third-order valence-corrected chi connectivity index (χ3v) is 6.77. The van der Waals surface area contributed by atoms with E-state index in [1.807, 2.05) is 97.9 Å². The Hall–Kier alpha value is -4.49. The molecule has 256 valence electrons. The number of carbonyl (C=O) groups excluding carboxylic acids is 2. The Balaban J connectivity index is 0.00000246. The van der Waals surface area contributed by atoms with Crippen molar-refractivity contribution in [2.75, 3.05) is 61.3 Å². The number of carbonyl (C=O) groups is 3. The lowest BCUT2D eigenvalue weighted by atomic mass is 9.92. The van der Waals surface area contributed by atoms with Crippen LogP contribution in [0.15, 0.2) is 91.0 Å². The average molecular weight is 654 g/mol. The SMILES string of the molecule is COCN(Cc1ccccc1)CC(C)(COC(=O)N(COC)Cc1ccccc1)COC(=O)N(COC)Cc1ccccc1.O=CO. The maximum atomic E-state index is 13.3. The number of methoxy groups -OCH3 is 3. The molecule has 47 heavy (non-hydrogen) atoms. The Morgan fingerprint density at radius 2 is 0.979 bits per heavy atom. The predicted molar refractivity (Wildman–Crippen MR) is 176 cm³/mol. The average Bonchev–Trinajstić information content (AvgIpc) is 3.08. The van der Waals surface area contributed by atoms with Gasteiger partial charge in [-0.15, -0.1) is 0 Å². The zero-order chi connectivity index (χ0) is 34.3. The molecule has 0 unspecified atom stereocenters. The zero-order valence-corrected chi connectivity index (χ0v) is 27.7. The summed E-state index contributed by atoms with van der Waals surface area (Å²) in [6.45, 7) is 3.80. The van der Waals surface area contributed by atoms with E-state index in [1.165, 1.54) is 24.0 Å². The van der Waals surface area contributed by atoms with Gasteiger partial charge in [-0.2, -0.15) is 0 Å². The molecule has 0 aliphatic carbocycles. The Labute approximate surface area is 277 Å². The molecule has 0 aromatic heterocycles. The largest absolute Gasteiger partial charge is 0.483 e. The second-order valence-corrected chi connectivity index (χ2v) is 11.1. The fourth-order valence-corrected chi connectivity index (χ4v) is 4.74. The van der Waals surface area contributed by atoms with Crippen molar-refractivity contribution in [3.8, 4) is 0 Å². The lowest BCUT2D eigenvalue weighted by Gasteiger charge is -2.35. The van der Waals surface area contributed by atoms with E-state index in [9.17, 15) is 9.59 Å². The first-order valence-electron chi connectivity index (χ1n) is 15.0. The normalized spacial score (nSPS) is 10.8. The minimum atomic E-state index is -0.782. The smallest absolute Gasteiger partial charge is 0.411 e. The quantitative estimate of drug-likeness (QED) is 0.143. The summed E-state index contributed by atoms with van der Waals surface area (Å²) < 4.78 is 27.8. The monoisotopic (exact) mass is 653 g/mol. The molecule has 12 nitrogen and oxygen atoms in total. The second kappa shape index (κ2) is 22.1. The van der Waals surface area contributed by atoms with Crippen molar-refractivity contribution in [2.24, 2.45) is 5.41 Å². The molecule has 0 atom stereocenters. The van der Waals surface area contributed by atoms with Crippen LogP contribution < -0.4 is 0 Å². The molecule has 2 amide bonds. The van der Waals surface area contributed by atoms with Gasteiger partial charge in [-0.3, -0.25) is 19.5 Å². The molecule has 12 heteroatoms. The molecule has 0 radical (unpaired) electrons. The number of amides is 2. The molecule has 3 rings (SSSR count). The summed E-state index contributed by atoms with van der Waals surface area (Å²) in [7, 11) is 4.69. The molecule has 3 aromatic rings. The van der Waals surface area contributed by atoms with Crippen molar-refractivity contribution in [1.82, 2.24) is 14.7 Å². The molecule has 1 N–H and O–H groups in total. The molecule has 0 spiro atoms. The van der Waals surface area contributed by atoms with Gasteiger partial charge in [0.1, 0.15) is 26.7 Å². The van der Waals surface area contributed by atoms with E-state index >= 15 is 0 Å². The highest BCUT2D eigenvalue weighted by atomic mass is 16.6. The Morgan fingerprint density at radius 3 is 1.32 bits per heavy atom.